The van der Waals surface area contributed by atoms with E-state index in [1.54, 1.807) is 0 Å². The van der Waals surface area contributed by atoms with Crippen molar-refractivity contribution in [3.63, 3.8) is 0 Å². The van der Waals surface area contributed by atoms with Crippen LogP contribution in [0.25, 0.3) is 0 Å². The van der Waals surface area contributed by atoms with E-state index in [0.717, 1.165) is 6.92 Å². The molecule has 0 aliphatic rings. The smallest absolute Gasteiger partial charge is 0.300 e. The molecule has 13 heavy (non-hydrogen) atoms. The summed E-state index contributed by atoms with van der Waals surface area (Å²) < 4.78 is 24.8. The van der Waals surface area contributed by atoms with Gasteiger partial charge in [-0.05, 0) is 0 Å². The van der Waals surface area contributed by atoms with Crippen molar-refractivity contribution in [1.29, 1.82) is 0 Å². The van der Waals surface area contributed by atoms with E-state index in [-0.39, 0.29) is 0 Å². The second-order valence-electron chi connectivity index (χ2n) is 2.91. The number of rotatable bonds is 3. The van der Waals surface area contributed by atoms with Gasteiger partial charge in [-0.25, -0.2) is 8.78 Å². The van der Waals surface area contributed by atoms with Crippen LogP contribution >= 0.6 is 0 Å². The van der Waals surface area contributed by atoms with Crippen molar-refractivity contribution < 1.29 is 23.8 Å². The summed E-state index contributed by atoms with van der Waals surface area (Å²) in [5.41, 5.74) is 0. The van der Waals surface area contributed by atoms with Crippen LogP contribution in [-0.4, -0.2) is 28.7 Å². The first-order valence-corrected chi connectivity index (χ1v) is 3.92. The molecule has 0 amide bonds. The van der Waals surface area contributed by atoms with Crippen LogP contribution in [0.5, 0.6) is 0 Å². The van der Waals surface area contributed by atoms with Crippen molar-refractivity contribution in [1.82, 2.24) is 0 Å². The van der Waals surface area contributed by atoms with E-state index < -0.39 is 30.8 Å². The molecule has 0 aromatic rings. The fraction of sp³-hybridized carbons (Fsp3) is 0.875. The van der Waals surface area contributed by atoms with Gasteiger partial charge in [0.1, 0.15) is 0 Å². The first kappa shape index (κ1) is 14.8. The summed E-state index contributed by atoms with van der Waals surface area (Å²) in [5, 5.41) is 15.6. The zero-order valence-corrected chi connectivity index (χ0v) is 8.05. The first-order chi connectivity index (χ1) is 5.74. The molecule has 0 fully saturated rings. The number of hydrogen-bond donors (Lipinski definition) is 2. The van der Waals surface area contributed by atoms with Crippen molar-refractivity contribution in [2.75, 3.05) is 6.61 Å². The van der Waals surface area contributed by atoms with Gasteiger partial charge in [0.15, 0.2) is 0 Å². The molecule has 80 valence electrons. The van der Waals surface area contributed by atoms with E-state index in [4.69, 9.17) is 15.0 Å². The predicted molar refractivity (Wildman–Crippen MR) is 44.8 cm³/mol. The Kier molecular flexibility index (Phi) is 7.70. The van der Waals surface area contributed by atoms with Gasteiger partial charge in [0.2, 0.25) is 0 Å². The van der Waals surface area contributed by atoms with Crippen LogP contribution in [0.4, 0.5) is 8.78 Å². The van der Waals surface area contributed by atoms with E-state index in [1.165, 1.54) is 13.8 Å². The molecule has 0 radical (unpaired) electrons. The summed E-state index contributed by atoms with van der Waals surface area (Å²) >= 11 is 0. The van der Waals surface area contributed by atoms with Gasteiger partial charge < -0.3 is 10.2 Å². The molecule has 0 aromatic carbocycles. The lowest BCUT2D eigenvalue weighted by molar-refractivity contribution is -0.134. The summed E-state index contributed by atoms with van der Waals surface area (Å²) in [6.45, 7) is 3.52. The van der Waals surface area contributed by atoms with Crippen molar-refractivity contribution >= 4 is 5.97 Å². The number of carboxylic acids is 1. The van der Waals surface area contributed by atoms with Gasteiger partial charge in [0, 0.05) is 25.9 Å². The van der Waals surface area contributed by atoms with E-state index in [9.17, 15) is 8.78 Å². The Bertz CT molecular complexity index is 142. The van der Waals surface area contributed by atoms with E-state index in [1.807, 2.05) is 0 Å². The highest BCUT2D eigenvalue weighted by molar-refractivity contribution is 5.62. The lowest BCUT2D eigenvalue weighted by Gasteiger charge is -2.18. The monoisotopic (exact) mass is 198 g/mol. The minimum absolute atomic E-state index is 0.426. The molecular formula is C8H16F2O3. The first-order valence-electron chi connectivity index (χ1n) is 3.92. The Morgan fingerprint density at radius 2 is 1.77 bits per heavy atom. The average molecular weight is 198 g/mol. The number of aliphatic carboxylic acids is 1. The van der Waals surface area contributed by atoms with Crippen molar-refractivity contribution in [2.45, 2.75) is 33.1 Å². The predicted octanol–water partition coefficient (Wildman–Crippen LogP) is 1.75. The van der Waals surface area contributed by atoms with Crippen LogP contribution in [0.3, 0.4) is 0 Å². The number of carboxylic acid groups (broad SMARTS) is 1. The van der Waals surface area contributed by atoms with Crippen molar-refractivity contribution in [3.8, 4) is 0 Å². The van der Waals surface area contributed by atoms with Gasteiger partial charge >= 0.3 is 0 Å². The third-order valence-electron chi connectivity index (χ3n) is 1.29. The van der Waals surface area contributed by atoms with Crippen molar-refractivity contribution in [2.24, 2.45) is 5.92 Å². The summed E-state index contributed by atoms with van der Waals surface area (Å²) in [4.78, 5) is 9.00. The standard InChI is InChI=1S/C6H12F2O.C2H4O2/c1-5(2)6(7,8)3-4-9;1-2(3)4/h5,9H,3-4H2,1-2H3;1H3,(H,3,4). The SMILES string of the molecule is CC(=O)O.CC(C)C(F)(F)CCO. The van der Waals surface area contributed by atoms with Crippen LogP contribution in [0.2, 0.25) is 0 Å². The molecule has 0 spiro atoms. The quantitative estimate of drug-likeness (QED) is 0.726. The molecule has 0 aliphatic carbocycles. The van der Waals surface area contributed by atoms with Gasteiger partial charge in [0.05, 0.1) is 0 Å². The molecule has 2 N–H and O–H groups in total. The number of aliphatic hydroxyl groups excluding tert-OH is 1. The summed E-state index contributed by atoms with van der Waals surface area (Å²) in [5.74, 6) is -4.21. The van der Waals surface area contributed by atoms with Gasteiger partial charge in [0.25, 0.3) is 11.9 Å². The molecule has 0 bridgehead atoms. The zero-order chi connectivity index (χ0) is 11.1. The van der Waals surface area contributed by atoms with Crippen molar-refractivity contribution in [3.05, 3.63) is 0 Å². The third-order valence-corrected chi connectivity index (χ3v) is 1.29. The van der Waals surface area contributed by atoms with Gasteiger partial charge in [-0.3, -0.25) is 4.79 Å². The Balaban J connectivity index is 0. The van der Waals surface area contributed by atoms with Crippen LogP contribution in [0.1, 0.15) is 27.2 Å². The van der Waals surface area contributed by atoms with Crippen LogP contribution in [0.15, 0.2) is 0 Å². The second-order valence-corrected chi connectivity index (χ2v) is 2.91. The van der Waals surface area contributed by atoms with Gasteiger partial charge in [-0.1, -0.05) is 13.8 Å². The molecule has 0 aliphatic heterocycles. The molecule has 5 heteroatoms. The Labute approximate surface area is 76.4 Å². The van der Waals surface area contributed by atoms with E-state index >= 15 is 0 Å². The lowest BCUT2D eigenvalue weighted by Crippen LogP contribution is -2.24. The highest BCUT2D eigenvalue weighted by atomic mass is 19.3. The molecule has 0 unspecified atom stereocenters. The molecule has 0 saturated heterocycles. The number of hydrogen-bond acceptors (Lipinski definition) is 2. The Hall–Kier alpha value is -0.710. The number of carbonyl (C=O) groups is 1. The molecule has 0 aromatic heterocycles. The van der Waals surface area contributed by atoms with E-state index in [0.29, 0.717) is 0 Å². The van der Waals surface area contributed by atoms with Crippen LogP contribution in [-0.2, 0) is 4.79 Å². The molecule has 0 saturated carbocycles. The maximum Gasteiger partial charge on any atom is 0.300 e. The second kappa shape index (κ2) is 6.77. The molecule has 0 rings (SSSR count). The molecule has 0 atom stereocenters. The minimum Gasteiger partial charge on any atom is -0.481 e. The average Bonchev–Trinajstić information content (AvgIpc) is 1.85. The summed E-state index contributed by atoms with van der Waals surface area (Å²) in [6.07, 6.45) is -0.426. The van der Waals surface area contributed by atoms with E-state index in [2.05, 4.69) is 0 Å². The fourth-order valence-electron chi connectivity index (χ4n) is 0.438. The van der Waals surface area contributed by atoms with Crippen LogP contribution < -0.4 is 0 Å². The molecule has 3 nitrogen and oxygen atoms in total. The maximum absolute atomic E-state index is 12.4. The largest absolute Gasteiger partial charge is 0.481 e. The fourth-order valence-corrected chi connectivity index (χ4v) is 0.438. The normalized spacial score (nSPS) is 10.7. The Morgan fingerprint density at radius 1 is 1.46 bits per heavy atom. The molecule has 0 heterocycles. The summed E-state index contributed by atoms with van der Waals surface area (Å²) in [6, 6.07) is 0. The maximum atomic E-state index is 12.4. The highest BCUT2D eigenvalue weighted by Gasteiger charge is 2.31. The minimum atomic E-state index is -2.70. The topological polar surface area (TPSA) is 57.5 Å². The number of alkyl halides is 2. The number of aliphatic hydroxyl groups is 1. The van der Waals surface area contributed by atoms with Gasteiger partial charge in [-0.15, -0.1) is 0 Å². The zero-order valence-electron chi connectivity index (χ0n) is 8.05. The highest BCUT2D eigenvalue weighted by Crippen LogP contribution is 2.26. The number of halogens is 2. The van der Waals surface area contributed by atoms with Crippen LogP contribution in [0, 0.1) is 5.92 Å². The Morgan fingerprint density at radius 3 is 1.85 bits per heavy atom. The third kappa shape index (κ3) is 11.3. The van der Waals surface area contributed by atoms with Gasteiger partial charge in [-0.2, -0.15) is 0 Å². The molecular weight excluding hydrogens is 182 g/mol. The summed E-state index contributed by atoms with van der Waals surface area (Å²) in [7, 11) is 0. The lowest BCUT2D eigenvalue weighted by atomic mass is 10.0.